The van der Waals surface area contributed by atoms with Crippen LogP contribution in [0.15, 0.2) is 29.2 Å². The summed E-state index contributed by atoms with van der Waals surface area (Å²) < 4.78 is 0. The van der Waals surface area contributed by atoms with Gasteiger partial charge >= 0.3 is 0 Å². The Bertz CT molecular complexity index is 316. The molecule has 1 aromatic rings. The van der Waals surface area contributed by atoms with Crippen molar-refractivity contribution in [1.82, 2.24) is 5.32 Å². The molecule has 5 heteroatoms. The van der Waals surface area contributed by atoms with Gasteiger partial charge in [0.15, 0.2) is 0 Å². The molecule has 0 heterocycles. The first-order chi connectivity index (χ1) is 7.22. The van der Waals surface area contributed by atoms with Crippen LogP contribution in [0.3, 0.4) is 0 Å². The third-order valence-corrected chi connectivity index (χ3v) is 2.91. The average molecular weight is 245 g/mol. The molecule has 0 saturated heterocycles. The molecule has 1 amide bonds. The Hall–Kier alpha value is -0.710. The number of thioether (sulfide) groups is 1. The van der Waals surface area contributed by atoms with Gasteiger partial charge in [-0.15, -0.1) is 11.8 Å². The van der Waals surface area contributed by atoms with Crippen molar-refractivity contribution in [3.05, 3.63) is 29.3 Å². The van der Waals surface area contributed by atoms with Crippen molar-refractivity contribution < 1.29 is 4.79 Å². The smallest absolute Gasteiger partial charge is 0.230 e. The van der Waals surface area contributed by atoms with E-state index in [0.717, 1.165) is 4.90 Å². The lowest BCUT2D eigenvalue weighted by Gasteiger charge is -2.03. The van der Waals surface area contributed by atoms with Gasteiger partial charge in [0.2, 0.25) is 5.91 Å². The van der Waals surface area contributed by atoms with Crippen LogP contribution in [0.1, 0.15) is 0 Å². The van der Waals surface area contributed by atoms with Crippen LogP contribution in [0.25, 0.3) is 0 Å². The van der Waals surface area contributed by atoms with Crippen molar-refractivity contribution in [2.45, 2.75) is 4.90 Å². The maximum atomic E-state index is 11.2. The maximum Gasteiger partial charge on any atom is 0.230 e. The number of hydrogen-bond acceptors (Lipinski definition) is 3. The number of nitrogens with two attached hydrogens (primary N) is 1. The summed E-state index contributed by atoms with van der Waals surface area (Å²) in [4.78, 5) is 12.3. The highest BCUT2D eigenvalue weighted by Gasteiger charge is 2.01. The van der Waals surface area contributed by atoms with Crippen molar-refractivity contribution in [3.8, 4) is 0 Å². The predicted molar refractivity (Wildman–Crippen MR) is 64.2 cm³/mol. The van der Waals surface area contributed by atoms with E-state index in [0.29, 0.717) is 23.9 Å². The molecule has 1 aromatic carbocycles. The lowest BCUT2D eigenvalue weighted by atomic mass is 10.4. The molecular weight excluding hydrogens is 232 g/mol. The van der Waals surface area contributed by atoms with Gasteiger partial charge < -0.3 is 11.1 Å². The molecule has 0 fully saturated rings. The number of amides is 1. The molecule has 0 aromatic heterocycles. The van der Waals surface area contributed by atoms with Crippen LogP contribution in [-0.4, -0.2) is 24.7 Å². The van der Waals surface area contributed by atoms with Crippen LogP contribution in [0.2, 0.25) is 5.02 Å². The highest BCUT2D eigenvalue weighted by molar-refractivity contribution is 8.00. The zero-order valence-electron chi connectivity index (χ0n) is 8.20. The topological polar surface area (TPSA) is 55.1 Å². The van der Waals surface area contributed by atoms with Gasteiger partial charge in [0.05, 0.1) is 5.75 Å². The molecule has 1 rings (SSSR count). The molecule has 0 unspecified atom stereocenters. The number of carbonyl (C=O) groups is 1. The molecular formula is C10H13ClN2OS. The SMILES string of the molecule is NCCNC(=O)CSc1ccc(Cl)cc1. The van der Waals surface area contributed by atoms with Crippen LogP contribution in [-0.2, 0) is 4.79 Å². The van der Waals surface area contributed by atoms with Crippen molar-refractivity contribution in [3.63, 3.8) is 0 Å². The van der Waals surface area contributed by atoms with Crippen LogP contribution in [0, 0.1) is 0 Å². The van der Waals surface area contributed by atoms with Crippen molar-refractivity contribution >= 4 is 29.3 Å². The first-order valence-corrected chi connectivity index (χ1v) is 5.94. The quantitative estimate of drug-likeness (QED) is 0.772. The summed E-state index contributed by atoms with van der Waals surface area (Å²) in [5.41, 5.74) is 5.26. The second-order valence-corrected chi connectivity index (χ2v) is 4.37. The van der Waals surface area contributed by atoms with E-state index in [1.54, 1.807) is 0 Å². The van der Waals surface area contributed by atoms with Gasteiger partial charge in [0, 0.05) is 23.0 Å². The van der Waals surface area contributed by atoms with Gasteiger partial charge in [-0.3, -0.25) is 4.79 Å². The third-order valence-electron chi connectivity index (χ3n) is 1.65. The third kappa shape index (κ3) is 5.06. The molecule has 0 aliphatic heterocycles. The minimum Gasteiger partial charge on any atom is -0.354 e. The summed E-state index contributed by atoms with van der Waals surface area (Å²) in [6.07, 6.45) is 0. The highest BCUT2D eigenvalue weighted by atomic mass is 35.5. The Morgan fingerprint density at radius 3 is 2.67 bits per heavy atom. The molecule has 0 spiro atoms. The van der Waals surface area contributed by atoms with Crippen molar-refractivity contribution in [2.24, 2.45) is 5.73 Å². The summed E-state index contributed by atoms with van der Waals surface area (Å²) in [5.74, 6) is 0.405. The molecule has 0 saturated carbocycles. The predicted octanol–water partition coefficient (Wildman–Crippen LogP) is 1.51. The number of benzene rings is 1. The number of halogens is 1. The van der Waals surface area contributed by atoms with Crippen LogP contribution < -0.4 is 11.1 Å². The minimum absolute atomic E-state index is 0.000370. The minimum atomic E-state index is 0.000370. The summed E-state index contributed by atoms with van der Waals surface area (Å²) in [6, 6.07) is 7.40. The first kappa shape index (κ1) is 12.4. The van der Waals surface area contributed by atoms with Crippen molar-refractivity contribution in [1.29, 1.82) is 0 Å². The van der Waals surface area contributed by atoms with Gasteiger partial charge in [-0.05, 0) is 24.3 Å². The summed E-state index contributed by atoms with van der Waals surface area (Å²) in [7, 11) is 0. The van der Waals surface area contributed by atoms with Gasteiger partial charge in [0.1, 0.15) is 0 Å². The average Bonchev–Trinajstić information content (AvgIpc) is 2.25. The van der Waals surface area contributed by atoms with Crippen molar-refractivity contribution in [2.75, 3.05) is 18.8 Å². The summed E-state index contributed by atoms with van der Waals surface area (Å²) >= 11 is 7.22. The maximum absolute atomic E-state index is 11.2. The molecule has 0 atom stereocenters. The lowest BCUT2D eigenvalue weighted by Crippen LogP contribution is -2.30. The molecule has 0 aliphatic rings. The Balaban J connectivity index is 2.30. The van der Waals surface area contributed by atoms with E-state index in [-0.39, 0.29) is 5.91 Å². The molecule has 3 N–H and O–H groups in total. The number of hydrogen-bond donors (Lipinski definition) is 2. The molecule has 0 aliphatic carbocycles. The number of rotatable bonds is 5. The number of nitrogens with one attached hydrogen (secondary N) is 1. The zero-order chi connectivity index (χ0) is 11.1. The first-order valence-electron chi connectivity index (χ1n) is 4.57. The molecule has 0 bridgehead atoms. The Morgan fingerprint density at radius 1 is 1.40 bits per heavy atom. The highest BCUT2D eigenvalue weighted by Crippen LogP contribution is 2.19. The molecule has 0 radical (unpaired) electrons. The van der Waals surface area contributed by atoms with Gasteiger partial charge in [-0.25, -0.2) is 0 Å². The lowest BCUT2D eigenvalue weighted by molar-refractivity contribution is -0.118. The van der Waals surface area contributed by atoms with Gasteiger partial charge in [-0.1, -0.05) is 11.6 Å². The van der Waals surface area contributed by atoms with Crippen LogP contribution in [0.4, 0.5) is 0 Å². The van der Waals surface area contributed by atoms with E-state index in [1.807, 2.05) is 24.3 Å². The van der Waals surface area contributed by atoms with E-state index in [4.69, 9.17) is 17.3 Å². The van der Waals surface area contributed by atoms with E-state index in [9.17, 15) is 4.79 Å². The van der Waals surface area contributed by atoms with E-state index in [2.05, 4.69) is 5.32 Å². The zero-order valence-corrected chi connectivity index (χ0v) is 9.77. The Morgan fingerprint density at radius 2 is 2.07 bits per heavy atom. The fraction of sp³-hybridized carbons (Fsp3) is 0.300. The molecule has 82 valence electrons. The second kappa shape index (κ2) is 6.71. The van der Waals surface area contributed by atoms with Crippen LogP contribution in [0.5, 0.6) is 0 Å². The summed E-state index contributed by atoms with van der Waals surface area (Å²) in [5, 5.41) is 3.40. The fourth-order valence-electron chi connectivity index (χ4n) is 0.942. The summed E-state index contributed by atoms with van der Waals surface area (Å²) in [6.45, 7) is 0.997. The van der Waals surface area contributed by atoms with Gasteiger partial charge in [-0.2, -0.15) is 0 Å². The number of carbonyl (C=O) groups excluding carboxylic acids is 1. The molecule has 15 heavy (non-hydrogen) atoms. The van der Waals surface area contributed by atoms with E-state index < -0.39 is 0 Å². The molecule has 3 nitrogen and oxygen atoms in total. The standard InChI is InChI=1S/C10H13ClN2OS/c11-8-1-3-9(4-2-8)15-7-10(14)13-6-5-12/h1-4H,5-7,12H2,(H,13,14). The Kier molecular flexibility index (Phi) is 5.53. The van der Waals surface area contributed by atoms with E-state index >= 15 is 0 Å². The normalized spacial score (nSPS) is 10.0. The van der Waals surface area contributed by atoms with Crippen LogP contribution >= 0.6 is 23.4 Å². The van der Waals surface area contributed by atoms with E-state index in [1.165, 1.54) is 11.8 Å². The largest absolute Gasteiger partial charge is 0.354 e. The fourth-order valence-corrected chi connectivity index (χ4v) is 1.80. The Labute approximate surface area is 98.4 Å². The second-order valence-electron chi connectivity index (χ2n) is 2.88. The monoisotopic (exact) mass is 244 g/mol. The van der Waals surface area contributed by atoms with Gasteiger partial charge in [0.25, 0.3) is 0 Å².